The first-order valence-corrected chi connectivity index (χ1v) is 7.33. The lowest BCUT2D eigenvalue weighted by atomic mass is 10.1. The van der Waals surface area contributed by atoms with Gasteiger partial charge in [0.2, 0.25) is 5.78 Å². The molecule has 0 bridgehead atoms. The van der Waals surface area contributed by atoms with E-state index in [4.69, 9.17) is 20.8 Å². The topological polar surface area (TPSA) is 39.4 Å². The average molecular weight is 366 g/mol. The minimum atomic E-state index is -0.248. The Morgan fingerprint density at radius 2 is 2.00 bits per heavy atom. The van der Waals surface area contributed by atoms with Crippen LogP contribution in [0.15, 0.2) is 51.4 Å². The summed E-state index contributed by atoms with van der Waals surface area (Å²) in [6, 6.07) is 12.2. The summed E-state index contributed by atoms with van der Waals surface area (Å²) in [6.07, 6.45) is 0. The molecule has 2 aromatic carbocycles. The van der Waals surface area contributed by atoms with Gasteiger partial charge in [0.05, 0.1) is 12.1 Å². The van der Waals surface area contributed by atoms with Crippen LogP contribution in [0.3, 0.4) is 0 Å². The fourth-order valence-corrected chi connectivity index (χ4v) is 2.82. The molecule has 0 unspecified atom stereocenters. The predicted molar refractivity (Wildman–Crippen MR) is 85.4 cm³/mol. The van der Waals surface area contributed by atoms with Crippen molar-refractivity contribution in [1.29, 1.82) is 0 Å². The molecular formula is C16H10BrClO3. The van der Waals surface area contributed by atoms with Crippen molar-refractivity contribution in [2.75, 3.05) is 7.11 Å². The number of hydrogen-bond donors (Lipinski definition) is 0. The van der Waals surface area contributed by atoms with Crippen molar-refractivity contribution in [3.63, 3.8) is 0 Å². The average Bonchev–Trinajstić information content (AvgIpc) is 2.89. The van der Waals surface area contributed by atoms with Crippen molar-refractivity contribution in [2.45, 2.75) is 0 Å². The molecule has 0 radical (unpaired) electrons. The highest BCUT2D eigenvalue weighted by Crippen LogP contribution is 2.28. The maximum Gasteiger partial charge on any atom is 0.229 e. The Kier molecular flexibility index (Phi) is 3.74. The summed E-state index contributed by atoms with van der Waals surface area (Å²) in [7, 11) is 1.58. The first-order valence-electron chi connectivity index (χ1n) is 6.16. The first kappa shape index (κ1) is 14.2. The lowest BCUT2D eigenvalue weighted by molar-refractivity contribution is 0.101. The molecule has 0 fully saturated rings. The van der Waals surface area contributed by atoms with Crippen LogP contribution in [0.2, 0.25) is 5.02 Å². The van der Waals surface area contributed by atoms with Crippen LogP contribution in [-0.4, -0.2) is 12.9 Å². The van der Waals surface area contributed by atoms with Gasteiger partial charge in [-0.15, -0.1) is 0 Å². The lowest BCUT2D eigenvalue weighted by Gasteiger charge is -2.01. The molecule has 3 aromatic rings. The van der Waals surface area contributed by atoms with Crippen LogP contribution >= 0.6 is 27.5 Å². The third-order valence-electron chi connectivity index (χ3n) is 3.13. The monoisotopic (exact) mass is 364 g/mol. The Balaban J connectivity index is 2.05. The molecule has 3 nitrogen and oxygen atoms in total. The predicted octanol–water partition coefficient (Wildman–Crippen LogP) is 5.09. The Morgan fingerprint density at radius 3 is 2.71 bits per heavy atom. The van der Waals surface area contributed by atoms with E-state index >= 15 is 0 Å². The highest BCUT2D eigenvalue weighted by molar-refractivity contribution is 9.10. The van der Waals surface area contributed by atoms with E-state index in [0.29, 0.717) is 21.9 Å². The van der Waals surface area contributed by atoms with E-state index < -0.39 is 0 Å². The van der Waals surface area contributed by atoms with Crippen molar-refractivity contribution >= 4 is 44.3 Å². The van der Waals surface area contributed by atoms with Gasteiger partial charge >= 0.3 is 0 Å². The van der Waals surface area contributed by atoms with Crippen LogP contribution in [0.5, 0.6) is 5.75 Å². The summed E-state index contributed by atoms with van der Waals surface area (Å²) in [4.78, 5) is 12.5. The van der Waals surface area contributed by atoms with Crippen LogP contribution < -0.4 is 4.74 Å². The molecule has 0 N–H and O–H groups in total. The fourth-order valence-electron chi connectivity index (χ4n) is 2.06. The van der Waals surface area contributed by atoms with Gasteiger partial charge in [-0.2, -0.15) is 0 Å². The minimum absolute atomic E-state index is 0.248. The second kappa shape index (κ2) is 5.54. The van der Waals surface area contributed by atoms with E-state index in [0.717, 1.165) is 9.86 Å². The van der Waals surface area contributed by atoms with Gasteiger partial charge in [-0.1, -0.05) is 27.5 Å². The van der Waals surface area contributed by atoms with Gasteiger partial charge in [-0.05, 0) is 36.4 Å². The number of ketones is 1. The summed E-state index contributed by atoms with van der Waals surface area (Å²) in [5.41, 5.74) is 1.01. The van der Waals surface area contributed by atoms with E-state index in [9.17, 15) is 4.79 Å². The number of methoxy groups -OCH3 is 1. The molecule has 5 heteroatoms. The Morgan fingerprint density at radius 1 is 1.19 bits per heavy atom. The Hall–Kier alpha value is -1.78. The van der Waals surface area contributed by atoms with Gasteiger partial charge in [0.15, 0.2) is 5.76 Å². The maximum absolute atomic E-state index is 12.5. The molecule has 1 heterocycles. The molecule has 0 saturated carbocycles. The molecule has 0 saturated heterocycles. The van der Waals surface area contributed by atoms with E-state index in [-0.39, 0.29) is 11.5 Å². The number of benzene rings is 2. The number of ether oxygens (including phenoxy) is 1. The summed E-state index contributed by atoms with van der Waals surface area (Å²) in [5, 5.41) is 1.22. The summed E-state index contributed by atoms with van der Waals surface area (Å²) in [6.45, 7) is 0. The quantitative estimate of drug-likeness (QED) is 0.607. The minimum Gasteiger partial charge on any atom is -0.497 e. The van der Waals surface area contributed by atoms with Gasteiger partial charge in [0, 0.05) is 21.5 Å². The van der Waals surface area contributed by atoms with E-state index in [1.165, 1.54) is 0 Å². The third kappa shape index (κ3) is 2.69. The second-order valence-corrected chi connectivity index (χ2v) is 5.79. The molecule has 0 atom stereocenters. The molecule has 0 aliphatic rings. The first-order chi connectivity index (χ1) is 10.1. The molecule has 106 valence electrons. The van der Waals surface area contributed by atoms with Crippen LogP contribution in [-0.2, 0) is 0 Å². The maximum atomic E-state index is 12.5. The summed E-state index contributed by atoms with van der Waals surface area (Å²) >= 11 is 9.42. The SMILES string of the molecule is COc1ccc2cc(C(=O)c3ccc(Br)cc3Cl)oc2c1. The second-order valence-electron chi connectivity index (χ2n) is 4.47. The highest BCUT2D eigenvalue weighted by atomic mass is 79.9. The van der Waals surface area contributed by atoms with Crippen molar-refractivity contribution in [3.8, 4) is 5.75 Å². The van der Waals surface area contributed by atoms with Gasteiger partial charge in [0.25, 0.3) is 0 Å². The number of furan rings is 1. The standard InChI is InChI=1S/C16H10BrClO3/c1-20-11-4-2-9-6-15(21-14(9)8-11)16(19)12-5-3-10(17)7-13(12)18/h2-8H,1H3. The zero-order valence-electron chi connectivity index (χ0n) is 11.0. The van der Waals surface area contributed by atoms with Crippen molar-refractivity contribution in [2.24, 2.45) is 0 Å². The molecular weight excluding hydrogens is 356 g/mol. The number of hydrogen-bond acceptors (Lipinski definition) is 3. The molecule has 21 heavy (non-hydrogen) atoms. The molecule has 0 aliphatic carbocycles. The van der Waals surface area contributed by atoms with E-state index in [1.54, 1.807) is 37.4 Å². The smallest absolute Gasteiger partial charge is 0.229 e. The zero-order valence-corrected chi connectivity index (χ0v) is 13.4. The number of carbonyl (C=O) groups is 1. The van der Waals surface area contributed by atoms with Gasteiger partial charge in [-0.3, -0.25) is 4.79 Å². The Labute approximate surface area is 134 Å². The van der Waals surface area contributed by atoms with Crippen LogP contribution in [0, 0.1) is 0 Å². The normalized spacial score (nSPS) is 10.8. The van der Waals surface area contributed by atoms with E-state index in [2.05, 4.69) is 15.9 Å². The van der Waals surface area contributed by atoms with Gasteiger partial charge < -0.3 is 9.15 Å². The number of rotatable bonds is 3. The molecule has 0 spiro atoms. The van der Waals surface area contributed by atoms with Crippen molar-refractivity contribution in [3.05, 3.63) is 63.3 Å². The number of carbonyl (C=O) groups excluding carboxylic acids is 1. The molecule has 0 aliphatic heterocycles. The largest absolute Gasteiger partial charge is 0.497 e. The number of fused-ring (bicyclic) bond motifs is 1. The molecule has 3 rings (SSSR count). The Bertz CT molecular complexity index is 839. The summed E-state index contributed by atoms with van der Waals surface area (Å²) in [5.74, 6) is 0.683. The van der Waals surface area contributed by atoms with Crippen LogP contribution in [0.25, 0.3) is 11.0 Å². The lowest BCUT2D eigenvalue weighted by Crippen LogP contribution is -2.00. The molecule has 0 amide bonds. The van der Waals surface area contributed by atoms with Crippen LogP contribution in [0.1, 0.15) is 16.1 Å². The third-order valence-corrected chi connectivity index (χ3v) is 3.93. The highest BCUT2D eigenvalue weighted by Gasteiger charge is 2.17. The summed E-state index contributed by atoms with van der Waals surface area (Å²) < 4.78 is 11.6. The van der Waals surface area contributed by atoms with Crippen LogP contribution in [0.4, 0.5) is 0 Å². The molecule has 1 aromatic heterocycles. The van der Waals surface area contributed by atoms with Gasteiger partial charge in [-0.25, -0.2) is 0 Å². The zero-order chi connectivity index (χ0) is 15.0. The van der Waals surface area contributed by atoms with Crippen molar-refractivity contribution < 1.29 is 13.9 Å². The van der Waals surface area contributed by atoms with Crippen molar-refractivity contribution in [1.82, 2.24) is 0 Å². The number of halogens is 2. The van der Waals surface area contributed by atoms with E-state index in [1.807, 2.05) is 12.1 Å². The van der Waals surface area contributed by atoms with Gasteiger partial charge in [0.1, 0.15) is 11.3 Å². The fraction of sp³-hybridized carbons (Fsp3) is 0.0625.